The summed E-state index contributed by atoms with van der Waals surface area (Å²) in [7, 11) is 0. The van der Waals surface area contributed by atoms with Gasteiger partial charge in [0.25, 0.3) is 5.91 Å². The summed E-state index contributed by atoms with van der Waals surface area (Å²) in [5.74, 6) is 0.953. The van der Waals surface area contributed by atoms with Gasteiger partial charge in [-0.05, 0) is 49.4 Å². The molecule has 1 spiro atoms. The molecule has 1 aromatic rings. The maximum atomic E-state index is 12.9. The number of rotatable bonds is 1. The van der Waals surface area contributed by atoms with Crippen molar-refractivity contribution in [3.63, 3.8) is 0 Å². The molecule has 1 N–H and O–H groups in total. The van der Waals surface area contributed by atoms with Gasteiger partial charge in [0, 0.05) is 25.1 Å². The van der Waals surface area contributed by atoms with Gasteiger partial charge < -0.3 is 19.7 Å². The first kappa shape index (κ1) is 15.3. The van der Waals surface area contributed by atoms with Gasteiger partial charge in [0.05, 0.1) is 13.2 Å². The van der Waals surface area contributed by atoms with E-state index in [0.29, 0.717) is 26.1 Å². The Hall–Kier alpha value is -2.24. The molecule has 3 aliphatic rings. The third-order valence-corrected chi connectivity index (χ3v) is 5.20. The van der Waals surface area contributed by atoms with Gasteiger partial charge in [-0.25, -0.2) is 4.79 Å². The van der Waals surface area contributed by atoms with Crippen LogP contribution in [0.2, 0.25) is 0 Å². The summed E-state index contributed by atoms with van der Waals surface area (Å²) in [6.45, 7) is 2.61. The van der Waals surface area contributed by atoms with E-state index in [1.807, 2.05) is 23.1 Å². The van der Waals surface area contributed by atoms with Crippen LogP contribution in [0.3, 0.4) is 0 Å². The highest BCUT2D eigenvalue weighted by Gasteiger charge is 2.41. The quantitative estimate of drug-likeness (QED) is 0.856. The molecule has 0 unspecified atom stereocenters. The van der Waals surface area contributed by atoms with Crippen molar-refractivity contribution >= 4 is 12.0 Å². The average Bonchev–Trinajstić information content (AvgIpc) is 2.85. The Morgan fingerprint density at radius 3 is 2.96 bits per heavy atom. The van der Waals surface area contributed by atoms with Gasteiger partial charge in [-0.2, -0.15) is 0 Å². The molecule has 0 saturated carbocycles. The van der Waals surface area contributed by atoms with E-state index in [1.54, 1.807) is 0 Å². The van der Waals surface area contributed by atoms with Crippen LogP contribution in [0.5, 0.6) is 5.75 Å². The average molecular weight is 330 g/mol. The fourth-order valence-electron chi connectivity index (χ4n) is 3.83. The lowest BCUT2D eigenvalue weighted by Crippen LogP contribution is -2.36. The van der Waals surface area contributed by atoms with E-state index in [9.17, 15) is 9.59 Å². The Labute approximate surface area is 141 Å². The molecule has 6 heteroatoms. The molecule has 0 aromatic heterocycles. The van der Waals surface area contributed by atoms with Crippen LogP contribution in [-0.4, -0.2) is 48.7 Å². The smallest absolute Gasteiger partial charge is 0.407 e. The molecule has 2 fully saturated rings. The monoisotopic (exact) mass is 330 g/mol. The third kappa shape index (κ3) is 2.81. The minimum absolute atomic E-state index is 0.0534. The van der Waals surface area contributed by atoms with E-state index < -0.39 is 5.60 Å². The zero-order valence-corrected chi connectivity index (χ0v) is 13.7. The van der Waals surface area contributed by atoms with Crippen LogP contribution in [0, 0.1) is 0 Å². The third-order valence-electron chi connectivity index (χ3n) is 5.20. The Balaban J connectivity index is 1.47. The fourth-order valence-corrected chi connectivity index (χ4v) is 3.83. The van der Waals surface area contributed by atoms with Crippen molar-refractivity contribution in [2.75, 3.05) is 26.2 Å². The van der Waals surface area contributed by atoms with Gasteiger partial charge in [-0.3, -0.25) is 4.79 Å². The first-order valence-electron chi connectivity index (χ1n) is 8.67. The second kappa shape index (κ2) is 6.00. The Bertz CT molecular complexity index is 675. The van der Waals surface area contributed by atoms with Crippen molar-refractivity contribution in [3.8, 4) is 5.75 Å². The SMILES string of the molecule is O=C1NC[C@]2(CCCN(C(=O)c3ccc4c(c3)CCCO4)CC2)O1. The maximum absolute atomic E-state index is 12.9. The van der Waals surface area contributed by atoms with Gasteiger partial charge in [0.2, 0.25) is 0 Å². The number of amides is 2. The van der Waals surface area contributed by atoms with E-state index in [1.165, 1.54) is 0 Å². The summed E-state index contributed by atoms with van der Waals surface area (Å²) in [5, 5.41) is 2.74. The molecule has 0 radical (unpaired) electrons. The standard InChI is InChI=1S/C18H22N2O4/c21-16(14-4-5-15-13(11-14)3-1-10-23-15)20-8-2-6-18(7-9-20)12-19-17(22)24-18/h4-5,11H,1-3,6-10,12H2,(H,19,22)/t18-/m1/s1. The van der Waals surface area contributed by atoms with Crippen LogP contribution in [0.15, 0.2) is 18.2 Å². The number of likely N-dealkylation sites (tertiary alicyclic amines) is 1. The van der Waals surface area contributed by atoms with E-state index in [0.717, 1.165) is 49.2 Å². The summed E-state index contributed by atoms with van der Waals surface area (Å²) in [5.41, 5.74) is 1.40. The number of benzene rings is 1. The molecule has 0 bridgehead atoms. The molecule has 4 rings (SSSR count). The molecule has 0 aliphatic carbocycles. The molecule has 2 saturated heterocycles. The highest BCUT2D eigenvalue weighted by atomic mass is 16.6. The van der Waals surface area contributed by atoms with Gasteiger partial charge in [-0.1, -0.05) is 0 Å². The largest absolute Gasteiger partial charge is 0.493 e. The topological polar surface area (TPSA) is 67.9 Å². The van der Waals surface area contributed by atoms with E-state index in [4.69, 9.17) is 9.47 Å². The van der Waals surface area contributed by atoms with Gasteiger partial charge in [-0.15, -0.1) is 0 Å². The number of fused-ring (bicyclic) bond motifs is 1. The molecule has 1 atom stereocenters. The first-order valence-corrected chi connectivity index (χ1v) is 8.67. The normalized spacial score (nSPS) is 26.2. The molecule has 3 aliphatic heterocycles. The number of aryl methyl sites for hydroxylation is 1. The molecule has 24 heavy (non-hydrogen) atoms. The summed E-state index contributed by atoms with van der Waals surface area (Å²) in [6, 6.07) is 5.72. The van der Waals surface area contributed by atoms with Gasteiger partial charge in [0.1, 0.15) is 11.4 Å². The number of carbonyl (C=O) groups excluding carboxylic acids is 2. The maximum Gasteiger partial charge on any atom is 0.407 e. The van der Waals surface area contributed by atoms with Crippen LogP contribution < -0.4 is 10.1 Å². The lowest BCUT2D eigenvalue weighted by atomic mass is 9.95. The van der Waals surface area contributed by atoms with Gasteiger partial charge in [0.15, 0.2) is 0 Å². The summed E-state index contributed by atoms with van der Waals surface area (Å²) >= 11 is 0. The molecule has 1 aromatic carbocycles. The number of nitrogens with one attached hydrogen (secondary N) is 1. The highest BCUT2D eigenvalue weighted by Crippen LogP contribution is 2.30. The lowest BCUT2D eigenvalue weighted by molar-refractivity contribution is 0.0438. The van der Waals surface area contributed by atoms with Crippen molar-refractivity contribution < 1.29 is 19.1 Å². The van der Waals surface area contributed by atoms with Crippen molar-refractivity contribution in [2.24, 2.45) is 0 Å². The number of ether oxygens (including phenoxy) is 2. The lowest BCUT2D eigenvalue weighted by Gasteiger charge is -2.25. The van der Waals surface area contributed by atoms with Crippen molar-refractivity contribution in [2.45, 2.75) is 37.7 Å². The molecule has 6 nitrogen and oxygen atoms in total. The number of alkyl carbamates (subject to hydrolysis) is 1. The second-order valence-corrected chi connectivity index (χ2v) is 6.85. The predicted molar refractivity (Wildman–Crippen MR) is 87.2 cm³/mol. The number of hydrogen-bond donors (Lipinski definition) is 1. The van der Waals surface area contributed by atoms with Crippen LogP contribution in [0.4, 0.5) is 4.79 Å². The zero-order valence-electron chi connectivity index (χ0n) is 13.7. The second-order valence-electron chi connectivity index (χ2n) is 6.85. The summed E-state index contributed by atoms with van der Waals surface area (Å²) in [4.78, 5) is 26.1. The molecule has 3 heterocycles. The first-order chi connectivity index (χ1) is 11.7. The van der Waals surface area contributed by atoms with Crippen LogP contribution in [0.25, 0.3) is 0 Å². The van der Waals surface area contributed by atoms with E-state index in [-0.39, 0.29) is 12.0 Å². The van der Waals surface area contributed by atoms with E-state index >= 15 is 0 Å². The Morgan fingerprint density at radius 2 is 2.12 bits per heavy atom. The highest BCUT2D eigenvalue weighted by molar-refractivity contribution is 5.94. The predicted octanol–water partition coefficient (Wildman–Crippen LogP) is 2.12. The number of hydrogen-bond acceptors (Lipinski definition) is 4. The summed E-state index contributed by atoms with van der Waals surface area (Å²) in [6.07, 6.45) is 3.94. The van der Waals surface area contributed by atoms with Crippen LogP contribution in [-0.2, 0) is 11.2 Å². The summed E-state index contributed by atoms with van der Waals surface area (Å²) < 4.78 is 11.1. The molecular formula is C18H22N2O4. The minimum Gasteiger partial charge on any atom is -0.493 e. The Morgan fingerprint density at radius 1 is 1.21 bits per heavy atom. The van der Waals surface area contributed by atoms with Crippen LogP contribution in [0.1, 0.15) is 41.6 Å². The molecular weight excluding hydrogens is 308 g/mol. The number of carbonyl (C=O) groups is 2. The van der Waals surface area contributed by atoms with Crippen LogP contribution >= 0.6 is 0 Å². The molecule has 2 amide bonds. The number of nitrogens with zero attached hydrogens (tertiary/aromatic N) is 1. The zero-order chi connectivity index (χ0) is 16.6. The van der Waals surface area contributed by atoms with E-state index in [2.05, 4.69) is 5.32 Å². The van der Waals surface area contributed by atoms with Crippen molar-refractivity contribution in [3.05, 3.63) is 29.3 Å². The van der Waals surface area contributed by atoms with Crippen molar-refractivity contribution in [1.82, 2.24) is 10.2 Å². The minimum atomic E-state index is -0.435. The van der Waals surface area contributed by atoms with Gasteiger partial charge >= 0.3 is 6.09 Å². The fraction of sp³-hybridized carbons (Fsp3) is 0.556. The molecule has 128 valence electrons. The Kier molecular flexibility index (Phi) is 3.82. The van der Waals surface area contributed by atoms with Crippen molar-refractivity contribution in [1.29, 1.82) is 0 Å².